The fourth-order valence-corrected chi connectivity index (χ4v) is 1.58. The number of halogens is 1. The Morgan fingerprint density at radius 2 is 2.05 bits per heavy atom. The van der Waals surface area contributed by atoms with E-state index in [2.05, 4.69) is 12.0 Å². The summed E-state index contributed by atoms with van der Waals surface area (Å²) in [6.45, 7) is 8.80. The van der Waals surface area contributed by atoms with Crippen LogP contribution in [-0.4, -0.2) is 22.4 Å². The molecular formula is C15H19FN2O2. The Bertz CT molecular complexity index is 521. The maximum absolute atomic E-state index is 13.2. The third-order valence-electron chi connectivity index (χ3n) is 2.51. The van der Waals surface area contributed by atoms with Crippen LogP contribution in [0.4, 0.5) is 4.39 Å². The van der Waals surface area contributed by atoms with E-state index in [0.29, 0.717) is 0 Å². The first-order chi connectivity index (χ1) is 9.25. The van der Waals surface area contributed by atoms with Crippen molar-refractivity contribution < 1.29 is 14.0 Å². The summed E-state index contributed by atoms with van der Waals surface area (Å²) in [7, 11) is 0. The average molecular weight is 278 g/mol. The Morgan fingerprint density at radius 3 is 2.55 bits per heavy atom. The monoisotopic (exact) mass is 278 g/mol. The second kappa shape index (κ2) is 6.32. The zero-order valence-electron chi connectivity index (χ0n) is 11.9. The second-order valence-electron chi connectivity index (χ2n) is 5.35. The molecule has 0 aliphatic carbocycles. The van der Waals surface area contributed by atoms with E-state index >= 15 is 0 Å². The Labute approximate surface area is 118 Å². The molecule has 2 amide bonds. The van der Waals surface area contributed by atoms with Crippen LogP contribution >= 0.6 is 0 Å². The molecule has 0 unspecified atom stereocenters. The number of nitrogens with zero attached hydrogens (tertiary/aromatic N) is 1. The lowest BCUT2D eigenvalue weighted by molar-refractivity contribution is -0.126. The van der Waals surface area contributed by atoms with Gasteiger partial charge in [0, 0.05) is 12.0 Å². The maximum Gasteiger partial charge on any atom is 0.272 e. The molecule has 0 saturated carbocycles. The number of hydrogen-bond acceptors (Lipinski definition) is 2. The first-order valence-corrected chi connectivity index (χ1v) is 6.26. The maximum atomic E-state index is 13.2. The SMILES string of the molecule is C=CCC(=O)NN(C(=O)c1cccc(F)c1)C(C)(C)C. The van der Waals surface area contributed by atoms with Crippen molar-refractivity contribution >= 4 is 11.8 Å². The van der Waals surface area contributed by atoms with Crippen molar-refractivity contribution in [1.29, 1.82) is 0 Å². The van der Waals surface area contributed by atoms with Crippen LogP contribution < -0.4 is 5.43 Å². The molecule has 0 aliphatic heterocycles. The molecule has 0 fully saturated rings. The zero-order valence-corrected chi connectivity index (χ0v) is 11.9. The molecule has 108 valence electrons. The Balaban J connectivity index is 3.02. The van der Waals surface area contributed by atoms with Gasteiger partial charge in [0.1, 0.15) is 5.82 Å². The molecule has 0 radical (unpaired) electrons. The Hall–Kier alpha value is -2.17. The summed E-state index contributed by atoms with van der Waals surface area (Å²) in [6, 6.07) is 5.36. The number of carbonyl (C=O) groups is 2. The van der Waals surface area contributed by atoms with E-state index in [0.717, 1.165) is 6.07 Å². The van der Waals surface area contributed by atoms with Crippen molar-refractivity contribution in [3.63, 3.8) is 0 Å². The van der Waals surface area contributed by atoms with Gasteiger partial charge in [-0.05, 0) is 39.0 Å². The summed E-state index contributed by atoms with van der Waals surface area (Å²) in [6.07, 6.45) is 1.55. The minimum absolute atomic E-state index is 0.100. The van der Waals surface area contributed by atoms with Crippen LogP contribution in [0.2, 0.25) is 0 Å². The summed E-state index contributed by atoms with van der Waals surface area (Å²) in [4.78, 5) is 24.1. The Morgan fingerprint density at radius 1 is 1.40 bits per heavy atom. The van der Waals surface area contributed by atoms with Gasteiger partial charge in [-0.3, -0.25) is 15.0 Å². The quantitative estimate of drug-likeness (QED) is 0.682. The number of benzene rings is 1. The predicted octanol–water partition coefficient (Wildman–Crippen LogP) is 2.67. The molecule has 0 atom stereocenters. The summed E-state index contributed by atoms with van der Waals surface area (Å²) in [5.41, 5.74) is 2.07. The van der Waals surface area contributed by atoms with Gasteiger partial charge >= 0.3 is 0 Å². The summed E-state index contributed by atoms with van der Waals surface area (Å²) in [5, 5.41) is 1.20. The summed E-state index contributed by atoms with van der Waals surface area (Å²) in [5.74, 6) is -1.31. The van der Waals surface area contributed by atoms with Crippen LogP contribution in [0.5, 0.6) is 0 Å². The molecule has 20 heavy (non-hydrogen) atoms. The van der Waals surface area contributed by atoms with E-state index in [1.54, 1.807) is 20.8 Å². The molecule has 1 rings (SSSR count). The summed E-state index contributed by atoms with van der Waals surface area (Å²) >= 11 is 0. The molecular weight excluding hydrogens is 259 g/mol. The number of carbonyl (C=O) groups excluding carboxylic acids is 2. The highest BCUT2D eigenvalue weighted by molar-refractivity contribution is 5.96. The van der Waals surface area contributed by atoms with E-state index in [1.165, 1.54) is 29.3 Å². The first-order valence-electron chi connectivity index (χ1n) is 6.26. The highest BCUT2D eigenvalue weighted by atomic mass is 19.1. The molecule has 1 aromatic carbocycles. The Kier molecular flexibility index (Phi) is 5.02. The van der Waals surface area contributed by atoms with E-state index in [4.69, 9.17) is 0 Å². The molecule has 1 N–H and O–H groups in total. The van der Waals surface area contributed by atoms with E-state index in [9.17, 15) is 14.0 Å². The van der Waals surface area contributed by atoms with Crippen molar-refractivity contribution in [1.82, 2.24) is 10.4 Å². The average Bonchev–Trinajstić information content (AvgIpc) is 2.34. The van der Waals surface area contributed by atoms with Gasteiger partial charge in [0.05, 0.1) is 5.54 Å². The molecule has 5 heteroatoms. The highest BCUT2D eigenvalue weighted by Gasteiger charge is 2.29. The largest absolute Gasteiger partial charge is 0.273 e. The second-order valence-corrected chi connectivity index (χ2v) is 5.35. The standard InChI is InChI=1S/C15H19FN2O2/c1-5-7-13(19)17-18(15(2,3)4)14(20)11-8-6-9-12(16)10-11/h5-6,8-10H,1,7H2,2-4H3,(H,17,19). The van der Waals surface area contributed by atoms with Crippen molar-refractivity contribution in [2.75, 3.05) is 0 Å². The highest BCUT2D eigenvalue weighted by Crippen LogP contribution is 2.16. The number of amides is 2. The van der Waals surface area contributed by atoms with Gasteiger partial charge in [-0.2, -0.15) is 0 Å². The lowest BCUT2D eigenvalue weighted by Gasteiger charge is -2.35. The third kappa shape index (κ3) is 4.19. The van der Waals surface area contributed by atoms with Crippen molar-refractivity contribution in [2.24, 2.45) is 0 Å². The van der Waals surface area contributed by atoms with Crippen molar-refractivity contribution in [3.05, 3.63) is 48.3 Å². The number of nitrogens with one attached hydrogen (secondary N) is 1. The number of rotatable bonds is 3. The van der Waals surface area contributed by atoms with Gasteiger partial charge in [-0.15, -0.1) is 6.58 Å². The molecule has 1 aromatic rings. The smallest absolute Gasteiger partial charge is 0.272 e. The van der Waals surface area contributed by atoms with Crippen LogP contribution in [0.25, 0.3) is 0 Å². The topological polar surface area (TPSA) is 49.4 Å². The van der Waals surface area contributed by atoms with E-state index < -0.39 is 17.3 Å². The molecule has 0 spiro atoms. The molecule has 0 heterocycles. The van der Waals surface area contributed by atoms with Crippen LogP contribution in [-0.2, 0) is 4.79 Å². The fourth-order valence-electron chi connectivity index (χ4n) is 1.58. The van der Waals surface area contributed by atoms with Gasteiger partial charge in [-0.25, -0.2) is 9.40 Å². The lowest BCUT2D eigenvalue weighted by Crippen LogP contribution is -2.55. The first kappa shape index (κ1) is 15.9. The van der Waals surface area contributed by atoms with Gasteiger partial charge in [0.2, 0.25) is 5.91 Å². The number of hydrazine groups is 1. The zero-order chi connectivity index (χ0) is 15.3. The molecule has 0 bridgehead atoms. The van der Waals surface area contributed by atoms with E-state index in [1.807, 2.05) is 0 Å². The van der Waals surface area contributed by atoms with Crippen LogP contribution in [0, 0.1) is 5.82 Å². The summed E-state index contributed by atoms with van der Waals surface area (Å²) < 4.78 is 13.2. The van der Waals surface area contributed by atoms with Crippen LogP contribution in [0.1, 0.15) is 37.6 Å². The lowest BCUT2D eigenvalue weighted by atomic mass is 10.1. The van der Waals surface area contributed by atoms with Gasteiger partial charge in [0.15, 0.2) is 0 Å². The minimum Gasteiger partial charge on any atom is -0.273 e. The normalized spacial score (nSPS) is 10.8. The predicted molar refractivity (Wildman–Crippen MR) is 75.3 cm³/mol. The number of hydrogen-bond donors (Lipinski definition) is 1. The minimum atomic E-state index is -0.639. The molecule has 0 aromatic heterocycles. The third-order valence-corrected chi connectivity index (χ3v) is 2.51. The van der Waals surface area contributed by atoms with Gasteiger partial charge in [-0.1, -0.05) is 12.1 Å². The van der Waals surface area contributed by atoms with E-state index in [-0.39, 0.29) is 17.9 Å². The molecule has 0 saturated heterocycles. The van der Waals surface area contributed by atoms with Crippen LogP contribution in [0.15, 0.2) is 36.9 Å². The van der Waals surface area contributed by atoms with Crippen molar-refractivity contribution in [3.8, 4) is 0 Å². The van der Waals surface area contributed by atoms with Gasteiger partial charge < -0.3 is 0 Å². The fraction of sp³-hybridized carbons (Fsp3) is 0.333. The van der Waals surface area contributed by atoms with Crippen molar-refractivity contribution in [2.45, 2.75) is 32.7 Å². The van der Waals surface area contributed by atoms with Gasteiger partial charge in [0.25, 0.3) is 5.91 Å². The molecule has 4 nitrogen and oxygen atoms in total. The molecule has 0 aliphatic rings. The van der Waals surface area contributed by atoms with Crippen LogP contribution in [0.3, 0.4) is 0 Å².